The lowest BCUT2D eigenvalue weighted by atomic mass is 10.0. The lowest BCUT2D eigenvalue weighted by Gasteiger charge is -2.25. The average Bonchev–Trinajstić information content (AvgIpc) is 2.98. The first kappa shape index (κ1) is 14.0. The lowest BCUT2D eigenvalue weighted by molar-refractivity contribution is -0.143. The number of aryl methyl sites for hydroxylation is 1. The van der Waals surface area contributed by atoms with Crippen LogP contribution in [-0.4, -0.2) is 57.0 Å². The number of likely N-dealkylation sites (N-methyl/N-ethyl adjacent to an activating group) is 1. The molecule has 19 heavy (non-hydrogen) atoms. The van der Waals surface area contributed by atoms with E-state index in [1.165, 1.54) is 0 Å². The van der Waals surface area contributed by atoms with Gasteiger partial charge in [-0.1, -0.05) is 6.92 Å². The second-order valence-corrected chi connectivity index (χ2v) is 4.86. The van der Waals surface area contributed by atoms with E-state index in [1.54, 1.807) is 6.33 Å². The van der Waals surface area contributed by atoms with Crippen LogP contribution in [0.25, 0.3) is 0 Å². The Morgan fingerprint density at radius 3 is 3.11 bits per heavy atom. The van der Waals surface area contributed by atoms with E-state index in [9.17, 15) is 4.79 Å². The number of rotatable bonds is 6. The van der Waals surface area contributed by atoms with Crippen molar-refractivity contribution < 1.29 is 14.6 Å². The molecule has 2 atom stereocenters. The zero-order chi connectivity index (χ0) is 13.8. The van der Waals surface area contributed by atoms with Crippen molar-refractivity contribution in [2.24, 2.45) is 5.92 Å². The average molecular weight is 268 g/mol. The molecule has 2 heterocycles. The summed E-state index contributed by atoms with van der Waals surface area (Å²) in [5, 5.41) is 13.3. The first-order valence-corrected chi connectivity index (χ1v) is 6.51. The van der Waals surface area contributed by atoms with Gasteiger partial charge in [0.2, 0.25) is 0 Å². The predicted octanol–water partition coefficient (Wildman–Crippen LogP) is 0.220. The molecule has 1 N–H and O–H groups in total. The molecule has 7 nitrogen and oxygen atoms in total. The Morgan fingerprint density at radius 1 is 1.63 bits per heavy atom. The van der Waals surface area contributed by atoms with Crippen LogP contribution in [-0.2, 0) is 22.6 Å². The summed E-state index contributed by atoms with van der Waals surface area (Å²) >= 11 is 0. The van der Waals surface area contributed by atoms with Crippen LogP contribution in [0.15, 0.2) is 6.33 Å². The third-order valence-electron chi connectivity index (χ3n) is 3.46. The highest BCUT2D eigenvalue weighted by atomic mass is 16.5. The minimum Gasteiger partial charge on any atom is -0.481 e. The van der Waals surface area contributed by atoms with Crippen molar-refractivity contribution in [1.29, 1.82) is 0 Å². The van der Waals surface area contributed by atoms with Gasteiger partial charge in [-0.25, -0.2) is 9.67 Å². The fourth-order valence-corrected chi connectivity index (χ4v) is 2.36. The number of carboxylic acid groups (broad SMARTS) is 1. The Labute approximate surface area is 112 Å². The van der Waals surface area contributed by atoms with E-state index in [2.05, 4.69) is 17.0 Å². The van der Waals surface area contributed by atoms with Crippen LogP contribution in [0.3, 0.4) is 0 Å². The Kier molecular flexibility index (Phi) is 4.49. The van der Waals surface area contributed by atoms with Gasteiger partial charge in [0.1, 0.15) is 12.2 Å². The highest BCUT2D eigenvalue weighted by molar-refractivity contribution is 5.71. The minimum atomic E-state index is -0.802. The van der Waals surface area contributed by atoms with Gasteiger partial charge in [0, 0.05) is 12.6 Å². The minimum absolute atomic E-state index is 0.107. The molecular weight excluding hydrogens is 248 g/mol. The van der Waals surface area contributed by atoms with Gasteiger partial charge in [-0.3, -0.25) is 9.69 Å². The smallest absolute Gasteiger partial charge is 0.310 e. The molecule has 0 radical (unpaired) electrons. The molecule has 0 saturated carbocycles. The zero-order valence-electron chi connectivity index (χ0n) is 11.3. The van der Waals surface area contributed by atoms with Crippen molar-refractivity contribution in [3.63, 3.8) is 0 Å². The fourth-order valence-electron chi connectivity index (χ4n) is 2.36. The summed E-state index contributed by atoms with van der Waals surface area (Å²) in [6, 6.07) is -0.107. The monoisotopic (exact) mass is 268 g/mol. The van der Waals surface area contributed by atoms with Crippen molar-refractivity contribution in [1.82, 2.24) is 19.7 Å². The molecule has 0 amide bonds. The first-order chi connectivity index (χ1) is 9.13. The molecule has 0 bridgehead atoms. The van der Waals surface area contributed by atoms with Gasteiger partial charge in [-0.2, -0.15) is 5.10 Å². The van der Waals surface area contributed by atoms with Crippen LogP contribution in [0.5, 0.6) is 0 Å². The summed E-state index contributed by atoms with van der Waals surface area (Å²) in [6.45, 7) is 4.23. The maximum Gasteiger partial charge on any atom is 0.310 e. The number of carbonyl (C=O) groups is 1. The number of hydrogen-bond acceptors (Lipinski definition) is 5. The van der Waals surface area contributed by atoms with Crippen LogP contribution in [0.2, 0.25) is 0 Å². The molecular formula is C12H20N4O3. The molecule has 7 heteroatoms. The Morgan fingerprint density at radius 2 is 2.42 bits per heavy atom. The third kappa shape index (κ3) is 3.10. The Hall–Kier alpha value is -1.47. The van der Waals surface area contributed by atoms with Crippen molar-refractivity contribution in [2.45, 2.75) is 32.5 Å². The molecule has 1 saturated heterocycles. The number of ether oxygens (including phenoxy) is 1. The number of aliphatic carboxylic acids is 1. The summed E-state index contributed by atoms with van der Waals surface area (Å²) in [4.78, 5) is 17.4. The van der Waals surface area contributed by atoms with Gasteiger partial charge < -0.3 is 9.84 Å². The molecule has 0 spiro atoms. The number of carboxylic acids is 1. The van der Waals surface area contributed by atoms with Crippen molar-refractivity contribution in [3.05, 3.63) is 12.2 Å². The van der Waals surface area contributed by atoms with Gasteiger partial charge >= 0.3 is 5.97 Å². The zero-order valence-corrected chi connectivity index (χ0v) is 11.3. The van der Waals surface area contributed by atoms with E-state index in [0.29, 0.717) is 13.2 Å². The predicted molar refractivity (Wildman–Crippen MR) is 67.5 cm³/mol. The van der Waals surface area contributed by atoms with Crippen molar-refractivity contribution in [3.8, 4) is 0 Å². The van der Waals surface area contributed by atoms with E-state index >= 15 is 0 Å². The highest BCUT2D eigenvalue weighted by Gasteiger charge is 2.36. The van der Waals surface area contributed by atoms with Crippen LogP contribution in [0.1, 0.15) is 19.2 Å². The van der Waals surface area contributed by atoms with Gasteiger partial charge in [0.15, 0.2) is 0 Å². The lowest BCUT2D eigenvalue weighted by Crippen LogP contribution is -2.40. The van der Waals surface area contributed by atoms with E-state index in [4.69, 9.17) is 9.84 Å². The molecule has 1 aliphatic rings. The van der Waals surface area contributed by atoms with Crippen LogP contribution in [0.4, 0.5) is 0 Å². The molecule has 2 unspecified atom stereocenters. The largest absolute Gasteiger partial charge is 0.481 e. The highest BCUT2D eigenvalue weighted by Crippen LogP contribution is 2.20. The first-order valence-electron chi connectivity index (χ1n) is 6.51. The molecule has 106 valence electrons. The third-order valence-corrected chi connectivity index (χ3v) is 3.46. The van der Waals surface area contributed by atoms with Crippen molar-refractivity contribution >= 4 is 5.97 Å². The molecule has 1 aromatic rings. The van der Waals surface area contributed by atoms with Gasteiger partial charge in [-0.15, -0.1) is 0 Å². The molecule has 0 aliphatic carbocycles. The molecule has 1 aromatic heterocycles. The van der Waals surface area contributed by atoms with Crippen LogP contribution in [0, 0.1) is 5.92 Å². The normalized spacial score (nSPS) is 23.1. The summed E-state index contributed by atoms with van der Waals surface area (Å²) in [7, 11) is 1.90. The van der Waals surface area contributed by atoms with Crippen LogP contribution < -0.4 is 0 Å². The van der Waals surface area contributed by atoms with Gasteiger partial charge in [0.25, 0.3) is 0 Å². The number of aromatic nitrogens is 3. The Balaban J connectivity index is 2.02. The number of nitrogens with zero attached hydrogens (tertiary/aromatic N) is 4. The van der Waals surface area contributed by atoms with E-state index in [1.807, 2.05) is 16.6 Å². The molecule has 0 aromatic carbocycles. The van der Waals surface area contributed by atoms with Gasteiger partial charge in [0.05, 0.1) is 25.7 Å². The fraction of sp³-hybridized carbons (Fsp3) is 0.750. The maximum absolute atomic E-state index is 11.1. The van der Waals surface area contributed by atoms with Crippen molar-refractivity contribution in [2.75, 3.05) is 20.3 Å². The van der Waals surface area contributed by atoms with E-state index in [-0.39, 0.29) is 12.6 Å². The second-order valence-electron chi connectivity index (χ2n) is 4.86. The van der Waals surface area contributed by atoms with E-state index < -0.39 is 11.9 Å². The van der Waals surface area contributed by atoms with Crippen LogP contribution >= 0.6 is 0 Å². The second kappa shape index (κ2) is 6.12. The summed E-state index contributed by atoms with van der Waals surface area (Å²) in [6.07, 6.45) is 2.53. The standard InChI is InChI=1S/C12H20N4O3/c1-3-4-16-11(13-8-14-16)5-15(2)10-7-19-6-9(10)12(17)18/h8-10H,3-7H2,1-2H3,(H,17,18). The quantitative estimate of drug-likeness (QED) is 0.795. The van der Waals surface area contributed by atoms with E-state index in [0.717, 1.165) is 18.8 Å². The number of hydrogen-bond donors (Lipinski definition) is 1. The summed E-state index contributed by atoms with van der Waals surface area (Å²) in [5.41, 5.74) is 0. The molecule has 2 rings (SSSR count). The molecule has 1 aliphatic heterocycles. The van der Waals surface area contributed by atoms with Gasteiger partial charge in [-0.05, 0) is 13.5 Å². The topological polar surface area (TPSA) is 80.5 Å². The summed E-state index contributed by atoms with van der Waals surface area (Å²) in [5.74, 6) is -0.405. The summed E-state index contributed by atoms with van der Waals surface area (Å²) < 4.78 is 7.15. The molecule has 1 fully saturated rings. The SMILES string of the molecule is CCCn1ncnc1CN(C)C1COCC1C(=O)O. The maximum atomic E-state index is 11.1. The Bertz CT molecular complexity index is 434.